The van der Waals surface area contributed by atoms with Crippen LogP contribution < -0.4 is 10.5 Å². The summed E-state index contributed by atoms with van der Waals surface area (Å²) in [4.78, 5) is 12.0. The van der Waals surface area contributed by atoms with E-state index in [-0.39, 0.29) is 5.97 Å². The largest absolute Gasteiger partial charge is 0.495 e. The minimum atomic E-state index is -0.500. The molecule has 0 bridgehead atoms. The fourth-order valence-corrected chi connectivity index (χ4v) is 2.05. The number of hydrogen-bond acceptors (Lipinski definition) is 4. The van der Waals surface area contributed by atoms with Gasteiger partial charge < -0.3 is 15.2 Å². The number of methoxy groups -OCH3 is 1. The number of carbonyl (C=O) groups excluding carboxylic acids is 1. The molecular formula is C18H21NO3. The van der Waals surface area contributed by atoms with E-state index >= 15 is 0 Å². The van der Waals surface area contributed by atoms with Crippen molar-refractivity contribution >= 4 is 11.7 Å². The van der Waals surface area contributed by atoms with Gasteiger partial charge in [-0.25, -0.2) is 4.79 Å². The second kappa shape index (κ2) is 6.10. The number of carbonyl (C=O) groups is 1. The fourth-order valence-electron chi connectivity index (χ4n) is 2.05. The zero-order valence-corrected chi connectivity index (χ0v) is 13.3. The number of rotatable bonds is 3. The van der Waals surface area contributed by atoms with Gasteiger partial charge in [-0.15, -0.1) is 0 Å². The van der Waals surface area contributed by atoms with Gasteiger partial charge in [0.15, 0.2) is 0 Å². The lowest BCUT2D eigenvalue weighted by Gasteiger charge is -2.19. The summed E-state index contributed by atoms with van der Waals surface area (Å²) in [7, 11) is 1.58. The van der Waals surface area contributed by atoms with Gasteiger partial charge in [-0.3, -0.25) is 0 Å². The van der Waals surface area contributed by atoms with Crippen molar-refractivity contribution in [2.75, 3.05) is 12.8 Å². The zero-order valence-electron chi connectivity index (χ0n) is 13.3. The van der Waals surface area contributed by atoms with Crippen LogP contribution in [0.25, 0.3) is 11.1 Å². The molecule has 0 aliphatic rings. The molecule has 4 heteroatoms. The summed E-state index contributed by atoms with van der Waals surface area (Å²) in [6, 6.07) is 12.9. The van der Waals surface area contributed by atoms with E-state index in [1.165, 1.54) is 0 Å². The van der Waals surface area contributed by atoms with Crippen molar-refractivity contribution in [2.24, 2.45) is 0 Å². The average molecular weight is 299 g/mol. The Hall–Kier alpha value is -2.49. The number of esters is 1. The maximum absolute atomic E-state index is 12.0. The van der Waals surface area contributed by atoms with Gasteiger partial charge in [-0.2, -0.15) is 0 Å². The van der Waals surface area contributed by atoms with Crippen LogP contribution in [0.4, 0.5) is 5.69 Å². The van der Waals surface area contributed by atoms with Crippen molar-refractivity contribution in [2.45, 2.75) is 26.4 Å². The Kier molecular flexibility index (Phi) is 4.40. The molecule has 2 rings (SSSR count). The third-order valence-electron chi connectivity index (χ3n) is 3.08. The number of nitrogens with two attached hydrogens (primary N) is 1. The minimum Gasteiger partial charge on any atom is -0.495 e. The van der Waals surface area contributed by atoms with Crippen LogP contribution in [0.3, 0.4) is 0 Å². The number of nitrogen functional groups attached to an aromatic ring is 1. The van der Waals surface area contributed by atoms with Gasteiger partial charge in [0.2, 0.25) is 0 Å². The highest BCUT2D eigenvalue weighted by Gasteiger charge is 2.17. The lowest BCUT2D eigenvalue weighted by molar-refractivity contribution is 0.00696. The van der Waals surface area contributed by atoms with Crippen LogP contribution >= 0.6 is 0 Å². The normalized spacial score (nSPS) is 11.1. The molecule has 0 saturated heterocycles. The quantitative estimate of drug-likeness (QED) is 0.689. The molecule has 0 heterocycles. The average Bonchev–Trinajstić information content (AvgIpc) is 2.45. The Morgan fingerprint density at radius 3 is 2.09 bits per heavy atom. The molecule has 0 unspecified atom stereocenters. The van der Waals surface area contributed by atoms with Crippen LogP contribution in [0.5, 0.6) is 5.75 Å². The monoisotopic (exact) mass is 299 g/mol. The molecule has 0 fully saturated rings. The number of anilines is 1. The standard InChI is InChI=1S/C18H21NO3/c1-18(2,3)22-17(20)13-7-5-12(6-8-13)14-9-10-16(21-4)15(19)11-14/h5-11H,19H2,1-4H3. The molecule has 0 aliphatic heterocycles. The molecule has 2 aromatic carbocycles. The second-order valence-corrected chi connectivity index (χ2v) is 6.04. The summed E-state index contributed by atoms with van der Waals surface area (Å²) in [6.07, 6.45) is 0. The van der Waals surface area contributed by atoms with E-state index in [9.17, 15) is 4.79 Å². The second-order valence-electron chi connectivity index (χ2n) is 6.04. The highest BCUT2D eigenvalue weighted by atomic mass is 16.6. The highest BCUT2D eigenvalue weighted by Crippen LogP contribution is 2.28. The lowest BCUT2D eigenvalue weighted by Crippen LogP contribution is -2.23. The molecule has 0 spiro atoms. The first-order valence-electron chi connectivity index (χ1n) is 7.07. The molecule has 22 heavy (non-hydrogen) atoms. The zero-order chi connectivity index (χ0) is 16.3. The molecule has 0 amide bonds. The topological polar surface area (TPSA) is 61.5 Å². The number of hydrogen-bond donors (Lipinski definition) is 1. The van der Waals surface area contributed by atoms with Crippen molar-refractivity contribution in [3.05, 3.63) is 48.0 Å². The Morgan fingerprint density at radius 1 is 1.00 bits per heavy atom. The molecule has 0 atom stereocenters. The highest BCUT2D eigenvalue weighted by molar-refractivity contribution is 5.90. The number of benzene rings is 2. The van der Waals surface area contributed by atoms with Crippen LogP contribution in [0, 0.1) is 0 Å². The molecule has 0 radical (unpaired) electrons. The summed E-state index contributed by atoms with van der Waals surface area (Å²) in [6.45, 7) is 5.54. The summed E-state index contributed by atoms with van der Waals surface area (Å²) < 4.78 is 10.5. The maximum Gasteiger partial charge on any atom is 0.338 e. The van der Waals surface area contributed by atoms with E-state index in [0.717, 1.165) is 11.1 Å². The molecule has 2 aromatic rings. The van der Waals surface area contributed by atoms with E-state index in [2.05, 4.69) is 0 Å². The van der Waals surface area contributed by atoms with Crippen molar-refractivity contribution in [3.8, 4) is 16.9 Å². The van der Waals surface area contributed by atoms with Crippen LogP contribution in [0.15, 0.2) is 42.5 Å². The van der Waals surface area contributed by atoms with E-state index in [4.69, 9.17) is 15.2 Å². The first-order chi connectivity index (χ1) is 10.3. The van der Waals surface area contributed by atoms with Crippen molar-refractivity contribution in [1.29, 1.82) is 0 Å². The third kappa shape index (κ3) is 3.79. The van der Waals surface area contributed by atoms with E-state index in [1.807, 2.05) is 51.1 Å². The maximum atomic E-state index is 12.0. The Balaban J connectivity index is 2.22. The molecule has 4 nitrogen and oxygen atoms in total. The number of ether oxygens (including phenoxy) is 2. The predicted molar refractivity (Wildman–Crippen MR) is 88.0 cm³/mol. The Labute approximate surface area is 130 Å². The van der Waals surface area contributed by atoms with Crippen molar-refractivity contribution in [1.82, 2.24) is 0 Å². The summed E-state index contributed by atoms with van der Waals surface area (Å²) in [5.74, 6) is 0.322. The fraction of sp³-hybridized carbons (Fsp3) is 0.278. The van der Waals surface area contributed by atoms with Crippen molar-refractivity contribution in [3.63, 3.8) is 0 Å². The molecular weight excluding hydrogens is 278 g/mol. The summed E-state index contributed by atoms with van der Waals surface area (Å²) >= 11 is 0. The van der Waals surface area contributed by atoms with Crippen LogP contribution in [-0.4, -0.2) is 18.7 Å². The molecule has 0 aromatic heterocycles. The van der Waals surface area contributed by atoms with E-state index in [0.29, 0.717) is 17.0 Å². The molecule has 2 N–H and O–H groups in total. The first kappa shape index (κ1) is 15.9. The van der Waals surface area contributed by atoms with Gasteiger partial charge in [0.1, 0.15) is 11.4 Å². The van der Waals surface area contributed by atoms with Crippen LogP contribution in [0.1, 0.15) is 31.1 Å². The Morgan fingerprint density at radius 2 is 1.59 bits per heavy atom. The Bertz CT molecular complexity index is 670. The minimum absolute atomic E-state index is 0.326. The van der Waals surface area contributed by atoms with Gasteiger partial charge in [-0.1, -0.05) is 18.2 Å². The van der Waals surface area contributed by atoms with Gasteiger partial charge >= 0.3 is 5.97 Å². The molecule has 0 saturated carbocycles. The summed E-state index contributed by atoms with van der Waals surface area (Å²) in [5, 5.41) is 0. The molecule has 116 valence electrons. The predicted octanol–water partition coefficient (Wildman–Crippen LogP) is 3.90. The SMILES string of the molecule is COc1ccc(-c2ccc(C(=O)OC(C)(C)C)cc2)cc1N. The van der Waals surface area contributed by atoms with Crippen LogP contribution in [0.2, 0.25) is 0 Å². The van der Waals surface area contributed by atoms with E-state index in [1.54, 1.807) is 19.2 Å². The third-order valence-corrected chi connectivity index (χ3v) is 3.08. The first-order valence-corrected chi connectivity index (χ1v) is 7.07. The van der Waals surface area contributed by atoms with Gasteiger partial charge in [0.05, 0.1) is 18.4 Å². The van der Waals surface area contributed by atoms with Gasteiger partial charge in [0.25, 0.3) is 0 Å². The lowest BCUT2D eigenvalue weighted by atomic mass is 10.0. The van der Waals surface area contributed by atoms with Gasteiger partial charge in [-0.05, 0) is 56.2 Å². The van der Waals surface area contributed by atoms with Crippen LogP contribution in [-0.2, 0) is 4.74 Å². The summed E-state index contributed by atoms with van der Waals surface area (Å²) in [5.41, 5.74) is 8.47. The van der Waals surface area contributed by atoms with Crippen molar-refractivity contribution < 1.29 is 14.3 Å². The smallest absolute Gasteiger partial charge is 0.338 e. The molecule has 0 aliphatic carbocycles. The van der Waals surface area contributed by atoms with Gasteiger partial charge in [0, 0.05) is 0 Å². The van der Waals surface area contributed by atoms with E-state index < -0.39 is 5.60 Å².